The van der Waals surface area contributed by atoms with Gasteiger partial charge in [0.05, 0.1) is 0 Å². The zero-order valence-corrected chi connectivity index (χ0v) is 8.54. The highest BCUT2D eigenvalue weighted by Gasteiger charge is 1.96. The number of pyridine rings is 1. The molecule has 2 rings (SSSR count). The summed E-state index contributed by atoms with van der Waals surface area (Å²) < 4.78 is 5.52. The van der Waals surface area contributed by atoms with Crippen molar-refractivity contribution in [2.45, 2.75) is 6.61 Å². The molecule has 2 aromatic rings. The summed E-state index contributed by atoms with van der Waals surface area (Å²) in [6, 6.07) is 10.5. The van der Waals surface area contributed by atoms with Gasteiger partial charge in [-0.05, 0) is 47.1 Å². The summed E-state index contributed by atoms with van der Waals surface area (Å²) in [5.74, 6) is 0.712. The minimum atomic E-state index is 0.399. The maximum atomic E-state index is 10.2. The summed E-state index contributed by atoms with van der Waals surface area (Å²) in [6.45, 7) is 0.483. The van der Waals surface area contributed by atoms with Gasteiger partial charge in [0.15, 0.2) is 0 Å². The van der Waals surface area contributed by atoms with Crippen LogP contribution in [-0.4, -0.2) is 4.98 Å². The Labute approximate surface area is 92.9 Å². The van der Waals surface area contributed by atoms with Crippen molar-refractivity contribution in [3.63, 3.8) is 0 Å². The van der Waals surface area contributed by atoms with Gasteiger partial charge in [-0.1, -0.05) is 0 Å². The summed E-state index contributed by atoms with van der Waals surface area (Å²) in [5.41, 5.74) is 1.45. The number of benzene rings is 1. The lowest BCUT2D eigenvalue weighted by Crippen LogP contribution is -1.94. The van der Waals surface area contributed by atoms with E-state index in [0.29, 0.717) is 18.0 Å². The average Bonchev–Trinajstić information content (AvgIpc) is 2.38. The Hall–Kier alpha value is -2.23. The first-order valence-electron chi connectivity index (χ1n) is 4.83. The number of ether oxygens (including phenoxy) is 1. The van der Waals surface area contributed by atoms with Crippen LogP contribution in [-0.2, 0) is 6.61 Å². The molecule has 0 radical (unpaired) electrons. The van der Waals surface area contributed by atoms with Gasteiger partial charge in [0.25, 0.3) is 0 Å². The van der Waals surface area contributed by atoms with Gasteiger partial charge < -0.3 is 4.74 Å². The minimum absolute atomic E-state index is 0.399. The van der Waals surface area contributed by atoms with Crippen molar-refractivity contribution in [2.24, 2.45) is 5.18 Å². The zero-order chi connectivity index (χ0) is 11.2. The van der Waals surface area contributed by atoms with Crippen molar-refractivity contribution in [3.05, 3.63) is 59.3 Å². The fourth-order valence-corrected chi connectivity index (χ4v) is 1.25. The van der Waals surface area contributed by atoms with E-state index in [1.165, 1.54) is 0 Å². The van der Waals surface area contributed by atoms with Crippen molar-refractivity contribution in [3.8, 4) is 5.75 Å². The first-order chi connectivity index (χ1) is 7.88. The molecule has 0 saturated carbocycles. The Kier molecular flexibility index (Phi) is 3.23. The molecule has 0 aliphatic rings. The van der Waals surface area contributed by atoms with Gasteiger partial charge in [0, 0.05) is 12.4 Å². The van der Waals surface area contributed by atoms with Gasteiger partial charge in [0.1, 0.15) is 18.0 Å². The van der Waals surface area contributed by atoms with E-state index in [2.05, 4.69) is 10.2 Å². The van der Waals surface area contributed by atoms with Crippen LogP contribution >= 0.6 is 0 Å². The lowest BCUT2D eigenvalue weighted by Gasteiger charge is -2.05. The van der Waals surface area contributed by atoms with Crippen LogP contribution in [0.2, 0.25) is 0 Å². The molecular formula is C12H10N2O2. The summed E-state index contributed by atoms with van der Waals surface area (Å²) in [5, 5.41) is 2.82. The van der Waals surface area contributed by atoms with Crippen LogP contribution in [0, 0.1) is 4.91 Å². The summed E-state index contributed by atoms with van der Waals surface area (Å²) >= 11 is 0. The largest absolute Gasteiger partial charge is 0.489 e. The van der Waals surface area contributed by atoms with Crippen molar-refractivity contribution in [1.29, 1.82) is 0 Å². The molecule has 0 aliphatic carbocycles. The van der Waals surface area contributed by atoms with E-state index in [1.54, 1.807) is 36.7 Å². The van der Waals surface area contributed by atoms with Crippen LogP contribution in [0.5, 0.6) is 5.75 Å². The van der Waals surface area contributed by atoms with E-state index < -0.39 is 0 Å². The van der Waals surface area contributed by atoms with Crippen LogP contribution in [0.1, 0.15) is 5.56 Å². The van der Waals surface area contributed by atoms with E-state index in [9.17, 15) is 4.91 Å². The van der Waals surface area contributed by atoms with E-state index in [1.807, 2.05) is 12.1 Å². The van der Waals surface area contributed by atoms with Crippen LogP contribution < -0.4 is 4.74 Å². The molecule has 0 N–H and O–H groups in total. The number of hydrogen-bond donors (Lipinski definition) is 0. The highest BCUT2D eigenvalue weighted by Crippen LogP contribution is 2.18. The molecule has 4 nitrogen and oxygen atoms in total. The van der Waals surface area contributed by atoms with Gasteiger partial charge >= 0.3 is 0 Å². The molecule has 0 bridgehead atoms. The Morgan fingerprint density at radius 2 is 1.75 bits per heavy atom. The zero-order valence-electron chi connectivity index (χ0n) is 8.54. The highest BCUT2D eigenvalue weighted by atomic mass is 16.5. The molecule has 0 fully saturated rings. The molecule has 1 heterocycles. The number of nitroso groups, excluding NO2 is 1. The summed E-state index contributed by atoms with van der Waals surface area (Å²) in [6.07, 6.45) is 3.44. The van der Waals surface area contributed by atoms with Crippen molar-refractivity contribution in [1.82, 2.24) is 4.98 Å². The monoisotopic (exact) mass is 214 g/mol. The molecule has 0 saturated heterocycles. The Morgan fingerprint density at radius 1 is 1.06 bits per heavy atom. The Bertz CT molecular complexity index is 454. The maximum Gasteiger partial charge on any atom is 0.119 e. The standard InChI is InChI=1S/C12H10N2O2/c15-14-11-1-3-12(4-2-11)16-9-10-5-7-13-8-6-10/h1-8H,9H2. The second kappa shape index (κ2) is 5.02. The third-order valence-electron chi connectivity index (χ3n) is 2.10. The van der Waals surface area contributed by atoms with E-state index >= 15 is 0 Å². The number of hydrogen-bond acceptors (Lipinski definition) is 4. The van der Waals surface area contributed by atoms with Crippen LogP contribution in [0.15, 0.2) is 54.0 Å². The van der Waals surface area contributed by atoms with Crippen LogP contribution in [0.4, 0.5) is 5.69 Å². The Morgan fingerprint density at radius 3 is 2.38 bits per heavy atom. The second-order valence-corrected chi connectivity index (χ2v) is 3.23. The molecule has 1 aromatic heterocycles. The minimum Gasteiger partial charge on any atom is -0.489 e. The third-order valence-corrected chi connectivity index (χ3v) is 2.10. The molecule has 4 heteroatoms. The van der Waals surface area contributed by atoms with Crippen LogP contribution in [0.25, 0.3) is 0 Å². The predicted molar refractivity (Wildman–Crippen MR) is 60.5 cm³/mol. The summed E-state index contributed by atoms with van der Waals surface area (Å²) in [4.78, 5) is 14.1. The Balaban J connectivity index is 1.97. The molecule has 0 amide bonds. The molecular weight excluding hydrogens is 204 g/mol. The molecule has 0 unspecified atom stereocenters. The lowest BCUT2D eigenvalue weighted by molar-refractivity contribution is 0.306. The lowest BCUT2D eigenvalue weighted by atomic mass is 10.3. The number of aromatic nitrogens is 1. The van der Waals surface area contributed by atoms with Crippen LogP contribution in [0.3, 0.4) is 0 Å². The molecule has 0 atom stereocenters. The van der Waals surface area contributed by atoms with E-state index in [-0.39, 0.29) is 0 Å². The molecule has 0 aliphatic heterocycles. The van der Waals surface area contributed by atoms with Gasteiger partial charge in [0.2, 0.25) is 0 Å². The second-order valence-electron chi connectivity index (χ2n) is 3.23. The summed E-state index contributed by atoms with van der Waals surface area (Å²) in [7, 11) is 0. The smallest absolute Gasteiger partial charge is 0.119 e. The third kappa shape index (κ3) is 2.63. The van der Waals surface area contributed by atoms with E-state index in [0.717, 1.165) is 5.56 Å². The predicted octanol–water partition coefficient (Wildman–Crippen LogP) is 3.06. The first kappa shape index (κ1) is 10.3. The highest BCUT2D eigenvalue weighted by molar-refractivity contribution is 5.40. The van der Waals surface area contributed by atoms with Gasteiger partial charge in [-0.3, -0.25) is 4.98 Å². The van der Waals surface area contributed by atoms with Crippen molar-refractivity contribution < 1.29 is 4.74 Å². The van der Waals surface area contributed by atoms with Crippen molar-refractivity contribution in [2.75, 3.05) is 0 Å². The molecule has 1 aromatic carbocycles. The van der Waals surface area contributed by atoms with Gasteiger partial charge in [-0.15, -0.1) is 4.91 Å². The fourth-order valence-electron chi connectivity index (χ4n) is 1.25. The fraction of sp³-hybridized carbons (Fsp3) is 0.0833. The molecule has 0 spiro atoms. The van der Waals surface area contributed by atoms with Gasteiger partial charge in [-0.25, -0.2) is 0 Å². The topological polar surface area (TPSA) is 51.5 Å². The van der Waals surface area contributed by atoms with Crippen molar-refractivity contribution >= 4 is 5.69 Å². The first-order valence-corrected chi connectivity index (χ1v) is 4.83. The normalized spacial score (nSPS) is 9.75. The number of rotatable bonds is 4. The van der Waals surface area contributed by atoms with E-state index in [4.69, 9.17) is 4.74 Å². The molecule has 80 valence electrons. The quantitative estimate of drug-likeness (QED) is 0.735. The molecule has 16 heavy (non-hydrogen) atoms. The van der Waals surface area contributed by atoms with Gasteiger partial charge in [-0.2, -0.15) is 0 Å². The maximum absolute atomic E-state index is 10.2. The average molecular weight is 214 g/mol. The SMILES string of the molecule is O=Nc1ccc(OCc2ccncc2)cc1. The number of nitrogens with zero attached hydrogens (tertiary/aromatic N) is 2.